The Bertz CT molecular complexity index is 1020. The number of aryl methyl sites for hydroxylation is 1. The fourth-order valence-electron chi connectivity index (χ4n) is 2.61. The highest BCUT2D eigenvalue weighted by Crippen LogP contribution is 2.21. The number of nitrogens with zero attached hydrogens (tertiary/aromatic N) is 1. The fraction of sp³-hybridized carbons (Fsp3) is 0.130. The Labute approximate surface area is 167 Å². The van der Waals surface area contributed by atoms with Crippen molar-refractivity contribution < 1.29 is 18.3 Å². The summed E-state index contributed by atoms with van der Waals surface area (Å²) in [4.78, 5) is 16.1. The number of ether oxygens (including phenoxy) is 1. The molecule has 0 radical (unpaired) electrons. The molecule has 0 saturated carbocycles. The quantitative estimate of drug-likeness (QED) is 0.584. The Kier molecular flexibility index (Phi) is 6.68. The van der Waals surface area contributed by atoms with Crippen molar-refractivity contribution in [1.29, 1.82) is 0 Å². The van der Waals surface area contributed by atoms with Crippen molar-refractivity contribution in [3.8, 4) is 11.5 Å². The SMILES string of the molecule is Cc1ccc(Oc2cccc(CCNC(=O)C=Cc3ccc(F)cc3F)c2)cn1. The summed E-state index contributed by atoms with van der Waals surface area (Å²) in [7, 11) is 0. The standard InChI is InChI=1S/C23H20F2N2O2/c1-16-5-9-21(15-27-16)29-20-4-2-3-17(13-20)11-12-26-23(28)10-7-18-6-8-19(24)14-22(18)25/h2-10,13-15H,11-12H2,1H3,(H,26,28). The first kappa shape index (κ1) is 20.2. The van der Waals surface area contributed by atoms with Gasteiger partial charge in [0.25, 0.3) is 0 Å². The number of hydrogen-bond donors (Lipinski definition) is 1. The van der Waals surface area contributed by atoms with Gasteiger partial charge in [-0.1, -0.05) is 12.1 Å². The highest BCUT2D eigenvalue weighted by molar-refractivity contribution is 5.91. The molecule has 0 aliphatic rings. The Morgan fingerprint density at radius 3 is 2.72 bits per heavy atom. The van der Waals surface area contributed by atoms with Gasteiger partial charge < -0.3 is 10.1 Å². The molecule has 6 heteroatoms. The van der Waals surface area contributed by atoms with Gasteiger partial charge in [0, 0.05) is 29.9 Å². The molecule has 0 bridgehead atoms. The van der Waals surface area contributed by atoms with Gasteiger partial charge in [0.1, 0.15) is 23.1 Å². The predicted octanol–water partition coefficient (Wildman–Crippen LogP) is 4.83. The van der Waals surface area contributed by atoms with E-state index in [1.54, 1.807) is 6.20 Å². The molecule has 3 aromatic rings. The highest BCUT2D eigenvalue weighted by atomic mass is 19.1. The van der Waals surface area contributed by atoms with Crippen LogP contribution in [0.5, 0.6) is 11.5 Å². The molecule has 0 atom stereocenters. The van der Waals surface area contributed by atoms with Crippen LogP contribution in [0.4, 0.5) is 8.78 Å². The summed E-state index contributed by atoms with van der Waals surface area (Å²) in [5.74, 6) is -0.388. The summed E-state index contributed by atoms with van der Waals surface area (Å²) >= 11 is 0. The van der Waals surface area contributed by atoms with Crippen molar-refractivity contribution in [2.45, 2.75) is 13.3 Å². The van der Waals surface area contributed by atoms with E-state index in [4.69, 9.17) is 4.74 Å². The third-order valence-corrected chi connectivity index (χ3v) is 4.11. The normalized spacial score (nSPS) is 10.9. The van der Waals surface area contributed by atoms with Crippen LogP contribution in [0.25, 0.3) is 6.08 Å². The molecule has 0 unspecified atom stereocenters. The molecule has 0 fully saturated rings. The second-order valence-electron chi connectivity index (χ2n) is 6.42. The first-order chi connectivity index (χ1) is 14.0. The number of halogens is 2. The Morgan fingerprint density at radius 2 is 1.97 bits per heavy atom. The molecule has 0 aliphatic carbocycles. The zero-order valence-electron chi connectivity index (χ0n) is 15.9. The molecule has 4 nitrogen and oxygen atoms in total. The molecule has 2 aromatic carbocycles. The molecule has 1 aromatic heterocycles. The van der Waals surface area contributed by atoms with Crippen LogP contribution < -0.4 is 10.1 Å². The van der Waals surface area contributed by atoms with E-state index in [1.165, 1.54) is 18.2 Å². The van der Waals surface area contributed by atoms with Gasteiger partial charge in [-0.2, -0.15) is 0 Å². The smallest absolute Gasteiger partial charge is 0.244 e. The monoisotopic (exact) mass is 394 g/mol. The van der Waals surface area contributed by atoms with Crippen molar-refractivity contribution in [1.82, 2.24) is 10.3 Å². The van der Waals surface area contributed by atoms with Crippen LogP contribution in [0.3, 0.4) is 0 Å². The number of benzene rings is 2. The lowest BCUT2D eigenvalue weighted by Gasteiger charge is -2.08. The summed E-state index contributed by atoms with van der Waals surface area (Å²) in [5, 5.41) is 2.73. The molecule has 0 aliphatic heterocycles. The minimum Gasteiger partial charge on any atom is -0.456 e. The van der Waals surface area contributed by atoms with Gasteiger partial charge in [-0.05, 0) is 61.4 Å². The summed E-state index contributed by atoms with van der Waals surface area (Å²) in [6.45, 7) is 2.31. The van der Waals surface area contributed by atoms with E-state index >= 15 is 0 Å². The van der Waals surface area contributed by atoms with Gasteiger partial charge >= 0.3 is 0 Å². The van der Waals surface area contributed by atoms with Crippen molar-refractivity contribution >= 4 is 12.0 Å². The number of pyridine rings is 1. The van der Waals surface area contributed by atoms with Crippen LogP contribution >= 0.6 is 0 Å². The molecule has 1 heterocycles. The average molecular weight is 394 g/mol. The van der Waals surface area contributed by atoms with E-state index in [9.17, 15) is 13.6 Å². The third kappa shape index (κ3) is 6.24. The summed E-state index contributed by atoms with van der Waals surface area (Å²) in [6.07, 6.45) is 4.81. The van der Waals surface area contributed by atoms with E-state index in [1.807, 2.05) is 43.3 Å². The van der Waals surface area contributed by atoms with E-state index in [0.29, 0.717) is 24.5 Å². The van der Waals surface area contributed by atoms with Crippen LogP contribution in [-0.2, 0) is 11.2 Å². The zero-order valence-corrected chi connectivity index (χ0v) is 15.9. The first-order valence-electron chi connectivity index (χ1n) is 9.10. The van der Waals surface area contributed by atoms with Crippen LogP contribution in [-0.4, -0.2) is 17.4 Å². The second-order valence-corrected chi connectivity index (χ2v) is 6.42. The molecule has 1 N–H and O–H groups in total. The van der Waals surface area contributed by atoms with E-state index < -0.39 is 11.6 Å². The number of aromatic nitrogens is 1. The van der Waals surface area contributed by atoms with Gasteiger partial charge in [-0.15, -0.1) is 0 Å². The predicted molar refractivity (Wildman–Crippen MR) is 108 cm³/mol. The highest BCUT2D eigenvalue weighted by Gasteiger charge is 2.03. The number of rotatable bonds is 7. The molecular weight excluding hydrogens is 374 g/mol. The van der Waals surface area contributed by atoms with Gasteiger partial charge in [-0.3, -0.25) is 9.78 Å². The summed E-state index contributed by atoms with van der Waals surface area (Å²) < 4.78 is 32.2. The maximum Gasteiger partial charge on any atom is 0.244 e. The maximum absolute atomic E-state index is 13.5. The largest absolute Gasteiger partial charge is 0.456 e. The average Bonchev–Trinajstić information content (AvgIpc) is 2.69. The maximum atomic E-state index is 13.5. The summed E-state index contributed by atoms with van der Waals surface area (Å²) in [5.41, 5.74) is 2.06. The molecular formula is C23H20F2N2O2. The van der Waals surface area contributed by atoms with E-state index in [2.05, 4.69) is 10.3 Å². The van der Waals surface area contributed by atoms with Gasteiger partial charge in [-0.25, -0.2) is 8.78 Å². The van der Waals surface area contributed by atoms with Crippen LogP contribution in [0, 0.1) is 18.6 Å². The molecule has 0 saturated heterocycles. The van der Waals surface area contributed by atoms with Crippen molar-refractivity contribution in [2.75, 3.05) is 6.54 Å². The number of hydrogen-bond acceptors (Lipinski definition) is 3. The van der Waals surface area contributed by atoms with Crippen LogP contribution in [0.1, 0.15) is 16.8 Å². The third-order valence-electron chi connectivity index (χ3n) is 4.11. The van der Waals surface area contributed by atoms with Gasteiger partial charge in [0.15, 0.2) is 0 Å². The number of nitrogens with one attached hydrogen (secondary N) is 1. The molecule has 3 rings (SSSR count). The number of carbonyl (C=O) groups is 1. The number of carbonyl (C=O) groups excluding carboxylic acids is 1. The van der Waals surface area contributed by atoms with Gasteiger partial charge in [0.2, 0.25) is 5.91 Å². The lowest BCUT2D eigenvalue weighted by atomic mass is 10.1. The van der Waals surface area contributed by atoms with Crippen molar-refractivity contribution in [2.24, 2.45) is 0 Å². The number of amides is 1. The molecule has 0 spiro atoms. The molecule has 1 amide bonds. The second kappa shape index (κ2) is 9.59. The van der Waals surface area contributed by atoms with Crippen LogP contribution in [0.15, 0.2) is 66.9 Å². The van der Waals surface area contributed by atoms with E-state index in [-0.39, 0.29) is 11.5 Å². The summed E-state index contributed by atoms with van der Waals surface area (Å²) in [6, 6.07) is 14.5. The minimum absolute atomic E-state index is 0.150. The first-order valence-corrected chi connectivity index (χ1v) is 9.10. The minimum atomic E-state index is -0.713. The molecule has 29 heavy (non-hydrogen) atoms. The van der Waals surface area contributed by atoms with Crippen LogP contribution in [0.2, 0.25) is 0 Å². The Hall–Kier alpha value is -3.54. The van der Waals surface area contributed by atoms with Gasteiger partial charge in [0.05, 0.1) is 6.20 Å². The Balaban J connectivity index is 1.50. The lowest BCUT2D eigenvalue weighted by molar-refractivity contribution is -0.116. The lowest BCUT2D eigenvalue weighted by Crippen LogP contribution is -2.23. The molecule has 148 valence electrons. The topological polar surface area (TPSA) is 51.2 Å². The van der Waals surface area contributed by atoms with Crippen molar-refractivity contribution in [3.05, 3.63) is 95.3 Å². The Morgan fingerprint density at radius 1 is 1.10 bits per heavy atom. The van der Waals surface area contributed by atoms with Crippen molar-refractivity contribution in [3.63, 3.8) is 0 Å². The zero-order chi connectivity index (χ0) is 20.6. The van der Waals surface area contributed by atoms with E-state index in [0.717, 1.165) is 23.4 Å². The fourth-order valence-corrected chi connectivity index (χ4v) is 2.61.